The average molecular weight is 349 g/mol. The molecule has 1 aromatic rings. The molecule has 5 nitrogen and oxygen atoms in total. The van der Waals surface area contributed by atoms with Crippen molar-refractivity contribution < 1.29 is 14.0 Å². The van der Waals surface area contributed by atoms with Gasteiger partial charge in [0.25, 0.3) is 0 Å². The first-order valence-corrected chi connectivity index (χ1v) is 8.84. The number of urea groups is 1. The molecule has 25 heavy (non-hydrogen) atoms. The molecule has 0 spiro atoms. The first kappa shape index (κ1) is 19.2. The van der Waals surface area contributed by atoms with Crippen molar-refractivity contribution in [1.29, 1.82) is 0 Å². The Balaban J connectivity index is 1.72. The van der Waals surface area contributed by atoms with E-state index in [0.29, 0.717) is 25.1 Å². The summed E-state index contributed by atoms with van der Waals surface area (Å²) in [5.74, 6) is -0.339. The molecule has 3 amide bonds. The van der Waals surface area contributed by atoms with E-state index in [1.807, 2.05) is 20.8 Å². The summed E-state index contributed by atoms with van der Waals surface area (Å²) in [4.78, 5) is 26.0. The molecule has 1 heterocycles. The molecule has 0 unspecified atom stereocenters. The zero-order valence-corrected chi connectivity index (χ0v) is 15.3. The minimum Gasteiger partial charge on any atom is -0.353 e. The lowest BCUT2D eigenvalue weighted by molar-refractivity contribution is -0.122. The maximum atomic E-state index is 13.6. The smallest absolute Gasteiger partial charge is 0.317 e. The Morgan fingerprint density at radius 1 is 1.20 bits per heavy atom. The molecule has 1 saturated heterocycles. The normalized spacial score (nSPS) is 15.8. The van der Waals surface area contributed by atoms with Gasteiger partial charge in [-0.15, -0.1) is 0 Å². The Labute approximate surface area is 149 Å². The van der Waals surface area contributed by atoms with Gasteiger partial charge in [0.1, 0.15) is 5.82 Å². The molecular weight excluding hydrogens is 321 g/mol. The largest absolute Gasteiger partial charge is 0.353 e. The third-order valence-electron chi connectivity index (χ3n) is 4.21. The molecule has 1 aliphatic heterocycles. The summed E-state index contributed by atoms with van der Waals surface area (Å²) in [5, 5.41) is 5.95. The van der Waals surface area contributed by atoms with Gasteiger partial charge in [-0.05, 0) is 51.7 Å². The second kappa shape index (κ2) is 8.32. The van der Waals surface area contributed by atoms with Crippen LogP contribution in [0.4, 0.5) is 9.18 Å². The number of rotatable bonds is 4. The third-order valence-corrected chi connectivity index (χ3v) is 4.21. The second-order valence-electron chi connectivity index (χ2n) is 7.60. The fourth-order valence-electron chi connectivity index (χ4n) is 2.88. The summed E-state index contributed by atoms with van der Waals surface area (Å²) in [5.41, 5.74) is 0.306. The van der Waals surface area contributed by atoms with Crippen molar-refractivity contribution in [3.63, 3.8) is 0 Å². The highest BCUT2D eigenvalue weighted by atomic mass is 19.1. The molecule has 1 aromatic carbocycles. The van der Waals surface area contributed by atoms with Crippen LogP contribution >= 0.6 is 0 Å². The molecule has 0 radical (unpaired) electrons. The van der Waals surface area contributed by atoms with Gasteiger partial charge in [0.15, 0.2) is 0 Å². The van der Waals surface area contributed by atoms with Crippen LogP contribution in [0.5, 0.6) is 0 Å². The van der Waals surface area contributed by atoms with Crippen LogP contribution in [-0.2, 0) is 11.2 Å². The predicted octanol–water partition coefficient (Wildman–Crippen LogP) is 2.85. The zero-order valence-electron chi connectivity index (χ0n) is 15.3. The van der Waals surface area contributed by atoms with Gasteiger partial charge in [0.05, 0.1) is 0 Å². The van der Waals surface area contributed by atoms with E-state index in [4.69, 9.17) is 0 Å². The molecule has 1 fully saturated rings. The van der Waals surface area contributed by atoms with Gasteiger partial charge in [0, 0.05) is 31.1 Å². The number of carbonyl (C=O) groups excluding carboxylic acids is 2. The van der Waals surface area contributed by atoms with E-state index in [1.165, 1.54) is 6.07 Å². The minimum atomic E-state index is -0.270. The van der Waals surface area contributed by atoms with Gasteiger partial charge >= 0.3 is 6.03 Å². The number of halogens is 1. The maximum absolute atomic E-state index is 13.6. The van der Waals surface area contributed by atoms with Crippen molar-refractivity contribution in [2.24, 2.45) is 0 Å². The lowest BCUT2D eigenvalue weighted by Crippen LogP contribution is -2.53. The van der Waals surface area contributed by atoms with Gasteiger partial charge in [0.2, 0.25) is 5.91 Å². The number of amides is 3. The van der Waals surface area contributed by atoms with Crippen LogP contribution in [0.3, 0.4) is 0 Å². The summed E-state index contributed by atoms with van der Waals surface area (Å²) in [7, 11) is 0. The third kappa shape index (κ3) is 6.36. The lowest BCUT2D eigenvalue weighted by atomic mass is 10.0. The minimum absolute atomic E-state index is 0.0585. The van der Waals surface area contributed by atoms with E-state index in [1.54, 1.807) is 23.1 Å². The van der Waals surface area contributed by atoms with Crippen molar-refractivity contribution in [2.75, 3.05) is 13.1 Å². The van der Waals surface area contributed by atoms with Crippen LogP contribution in [0, 0.1) is 5.82 Å². The van der Waals surface area contributed by atoms with Crippen molar-refractivity contribution >= 4 is 11.9 Å². The van der Waals surface area contributed by atoms with Gasteiger partial charge in [-0.25, -0.2) is 9.18 Å². The SMILES string of the molecule is CC(C)(C)NC(=O)N1CCC(NC(=O)CCc2ccccc2F)CC1. The first-order valence-electron chi connectivity index (χ1n) is 8.84. The monoisotopic (exact) mass is 349 g/mol. The van der Waals surface area contributed by atoms with Gasteiger partial charge < -0.3 is 15.5 Å². The van der Waals surface area contributed by atoms with Crippen LogP contribution in [0.25, 0.3) is 0 Å². The summed E-state index contributed by atoms with van der Waals surface area (Å²) in [6.45, 7) is 7.11. The van der Waals surface area contributed by atoms with Crippen molar-refractivity contribution in [1.82, 2.24) is 15.5 Å². The molecule has 0 aromatic heterocycles. The molecule has 6 heteroatoms. The number of nitrogens with zero attached hydrogens (tertiary/aromatic N) is 1. The number of piperidine rings is 1. The van der Waals surface area contributed by atoms with Crippen LogP contribution in [0.1, 0.15) is 45.6 Å². The Morgan fingerprint density at radius 3 is 2.44 bits per heavy atom. The Kier molecular flexibility index (Phi) is 6.39. The van der Waals surface area contributed by atoms with E-state index in [-0.39, 0.29) is 35.8 Å². The van der Waals surface area contributed by atoms with Crippen LogP contribution in [0.15, 0.2) is 24.3 Å². The molecule has 138 valence electrons. The molecule has 0 atom stereocenters. The van der Waals surface area contributed by atoms with E-state index >= 15 is 0 Å². The molecule has 2 N–H and O–H groups in total. The number of hydrogen-bond donors (Lipinski definition) is 2. The second-order valence-corrected chi connectivity index (χ2v) is 7.60. The summed E-state index contributed by atoms with van der Waals surface area (Å²) in [6, 6.07) is 6.54. The molecule has 1 aliphatic rings. The van der Waals surface area contributed by atoms with Crippen molar-refractivity contribution in [3.05, 3.63) is 35.6 Å². The summed E-state index contributed by atoms with van der Waals surface area (Å²) in [6.07, 6.45) is 2.14. The van der Waals surface area contributed by atoms with E-state index in [2.05, 4.69) is 10.6 Å². The number of hydrogen-bond acceptors (Lipinski definition) is 2. The topological polar surface area (TPSA) is 61.4 Å². The van der Waals surface area contributed by atoms with Gasteiger partial charge in [-0.3, -0.25) is 4.79 Å². The average Bonchev–Trinajstić information content (AvgIpc) is 2.53. The Hall–Kier alpha value is -2.11. The molecule has 0 aliphatic carbocycles. The molecule has 0 saturated carbocycles. The van der Waals surface area contributed by atoms with Crippen LogP contribution < -0.4 is 10.6 Å². The summed E-state index contributed by atoms with van der Waals surface area (Å²) < 4.78 is 13.6. The van der Waals surface area contributed by atoms with E-state index < -0.39 is 0 Å². The van der Waals surface area contributed by atoms with Crippen molar-refractivity contribution in [2.45, 2.75) is 58.0 Å². The predicted molar refractivity (Wildman–Crippen MR) is 95.7 cm³/mol. The number of benzene rings is 1. The fourth-order valence-corrected chi connectivity index (χ4v) is 2.88. The summed E-state index contributed by atoms with van der Waals surface area (Å²) >= 11 is 0. The molecular formula is C19H28FN3O2. The number of nitrogens with one attached hydrogen (secondary N) is 2. The number of likely N-dealkylation sites (tertiary alicyclic amines) is 1. The first-order chi connectivity index (χ1) is 11.7. The quantitative estimate of drug-likeness (QED) is 0.878. The highest BCUT2D eigenvalue weighted by Crippen LogP contribution is 2.13. The van der Waals surface area contributed by atoms with E-state index in [0.717, 1.165) is 12.8 Å². The van der Waals surface area contributed by atoms with Gasteiger partial charge in [-0.1, -0.05) is 18.2 Å². The number of carbonyl (C=O) groups is 2. The van der Waals surface area contributed by atoms with E-state index in [9.17, 15) is 14.0 Å². The molecule has 0 bridgehead atoms. The maximum Gasteiger partial charge on any atom is 0.317 e. The zero-order chi connectivity index (χ0) is 18.4. The van der Waals surface area contributed by atoms with Crippen molar-refractivity contribution in [3.8, 4) is 0 Å². The standard InChI is InChI=1S/C19H28FN3O2/c1-19(2,3)22-18(25)23-12-10-15(11-13-23)21-17(24)9-8-14-6-4-5-7-16(14)20/h4-7,15H,8-13H2,1-3H3,(H,21,24)(H,22,25). The van der Waals surface area contributed by atoms with Crippen LogP contribution in [-0.4, -0.2) is 41.5 Å². The lowest BCUT2D eigenvalue weighted by Gasteiger charge is -2.34. The Morgan fingerprint density at radius 2 is 1.84 bits per heavy atom. The highest BCUT2D eigenvalue weighted by molar-refractivity contribution is 5.77. The fraction of sp³-hybridized carbons (Fsp3) is 0.579. The van der Waals surface area contributed by atoms with Crippen LogP contribution in [0.2, 0.25) is 0 Å². The highest BCUT2D eigenvalue weighted by Gasteiger charge is 2.25. The molecule has 2 rings (SSSR count). The Bertz CT molecular complexity index is 605. The number of aryl methyl sites for hydroxylation is 1. The van der Waals surface area contributed by atoms with Gasteiger partial charge in [-0.2, -0.15) is 0 Å².